The van der Waals surface area contributed by atoms with E-state index >= 15 is 0 Å². The number of benzene rings is 2. The molecule has 2 aromatic carbocycles. The maximum Gasteiger partial charge on any atom is 0.258 e. The zero-order chi connectivity index (χ0) is 18.5. The summed E-state index contributed by atoms with van der Waals surface area (Å²) in [6.45, 7) is 1.48. The van der Waals surface area contributed by atoms with Crippen molar-refractivity contribution in [1.29, 1.82) is 0 Å². The number of nitrogen functional groups attached to an aromatic ring is 1. The van der Waals surface area contributed by atoms with Gasteiger partial charge in [0.25, 0.3) is 5.89 Å². The average molecular weight is 364 g/mol. The number of aliphatic hydroxyl groups is 1. The molecule has 5 rings (SSSR count). The lowest BCUT2D eigenvalue weighted by molar-refractivity contribution is -0.0251. The van der Waals surface area contributed by atoms with Gasteiger partial charge < -0.3 is 20.5 Å². The minimum absolute atomic E-state index is 0.0292. The van der Waals surface area contributed by atoms with E-state index in [1.165, 1.54) is 17.2 Å². The Balaban J connectivity index is 1.48. The van der Waals surface area contributed by atoms with Crippen molar-refractivity contribution in [3.63, 3.8) is 0 Å². The molecule has 27 heavy (non-hydrogen) atoms. The van der Waals surface area contributed by atoms with Gasteiger partial charge in [-0.3, -0.25) is 4.90 Å². The number of aliphatic hydroxyl groups excluding tert-OH is 1. The third-order valence-electron chi connectivity index (χ3n) is 5.51. The highest BCUT2D eigenvalue weighted by atomic mass is 16.5. The van der Waals surface area contributed by atoms with Crippen LogP contribution in [0.4, 0.5) is 5.69 Å². The number of phenolic OH excluding ortho intramolecular Hbond substituents is 1. The van der Waals surface area contributed by atoms with Crippen molar-refractivity contribution in [2.75, 3.05) is 18.8 Å². The Morgan fingerprint density at radius 2 is 2.04 bits per heavy atom. The van der Waals surface area contributed by atoms with E-state index in [1.54, 1.807) is 12.1 Å². The van der Waals surface area contributed by atoms with Crippen molar-refractivity contribution in [2.24, 2.45) is 0 Å². The Labute approximate surface area is 156 Å². The van der Waals surface area contributed by atoms with Crippen LogP contribution >= 0.6 is 0 Å². The number of aromatic nitrogens is 2. The van der Waals surface area contributed by atoms with Crippen LogP contribution in [0.3, 0.4) is 0 Å². The third kappa shape index (κ3) is 2.67. The van der Waals surface area contributed by atoms with Gasteiger partial charge in [0.1, 0.15) is 5.75 Å². The highest BCUT2D eigenvalue weighted by Crippen LogP contribution is 2.42. The van der Waals surface area contributed by atoms with E-state index in [1.807, 2.05) is 12.1 Å². The molecule has 0 saturated carbocycles. The molecule has 1 aromatic heterocycles. The molecule has 0 unspecified atom stereocenters. The number of likely N-dealkylation sites (tertiary alicyclic amines) is 1. The molecular weight excluding hydrogens is 344 g/mol. The van der Waals surface area contributed by atoms with Crippen LogP contribution in [0.2, 0.25) is 0 Å². The van der Waals surface area contributed by atoms with Crippen LogP contribution in [0.15, 0.2) is 40.9 Å². The summed E-state index contributed by atoms with van der Waals surface area (Å²) in [5, 5.41) is 23.4. The molecule has 0 amide bonds. The first-order chi connectivity index (χ1) is 13.1. The quantitative estimate of drug-likeness (QED) is 0.483. The van der Waals surface area contributed by atoms with Crippen molar-refractivity contribution >= 4 is 5.69 Å². The molecule has 2 aliphatic rings. The van der Waals surface area contributed by atoms with Gasteiger partial charge in [0.05, 0.1) is 11.8 Å². The van der Waals surface area contributed by atoms with E-state index in [-0.39, 0.29) is 17.5 Å². The maximum atomic E-state index is 9.61. The molecule has 7 heteroatoms. The van der Waals surface area contributed by atoms with Crippen molar-refractivity contribution in [1.82, 2.24) is 15.0 Å². The number of nitrogens with zero attached hydrogens (tertiary/aromatic N) is 3. The first kappa shape index (κ1) is 16.3. The molecule has 4 N–H and O–H groups in total. The molecule has 2 heterocycles. The fourth-order valence-electron chi connectivity index (χ4n) is 4.10. The topological polar surface area (TPSA) is 109 Å². The summed E-state index contributed by atoms with van der Waals surface area (Å²) in [6, 6.07) is 11.4. The minimum atomic E-state index is -0.199. The Kier molecular flexibility index (Phi) is 3.66. The molecule has 7 nitrogen and oxygen atoms in total. The number of aromatic hydroxyl groups is 1. The molecule has 1 fully saturated rings. The summed E-state index contributed by atoms with van der Waals surface area (Å²) in [4.78, 5) is 6.87. The monoisotopic (exact) mass is 364 g/mol. The van der Waals surface area contributed by atoms with Crippen molar-refractivity contribution in [3.8, 4) is 28.6 Å². The van der Waals surface area contributed by atoms with E-state index in [0.717, 1.165) is 31.5 Å². The minimum Gasteiger partial charge on any atom is -0.506 e. The van der Waals surface area contributed by atoms with Gasteiger partial charge in [-0.05, 0) is 42.2 Å². The number of hydrogen-bond acceptors (Lipinski definition) is 7. The molecule has 0 spiro atoms. The first-order valence-corrected chi connectivity index (χ1v) is 9.07. The smallest absolute Gasteiger partial charge is 0.258 e. The highest BCUT2D eigenvalue weighted by molar-refractivity contribution is 5.68. The molecule has 1 saturated heterocycles. The van der Waals surface area contributed by atoms with Crippen molar-refractivity contribution in [3.05, 3.63) is 47.5 Å². The molecule has 1 atom stereocenters. The number of hydrogen-bond donors (Lipinski definition) is 3. The largest absolute Gasteiger partial charge is 0.506 e. The molecule has 138 valence electrons. The molecule has 1 aliphatic carbocycles. The zero-order valence-electron chi connectivity index (χ0n) is 14.7. The average Bonchev–Trinajstić information content (AvgIpc) is 3.28. The zero-order valence-corrected chi connectivity index (χ0v) is 14.7. The summed E-state index contributed by atoms with van der Waals surface area (Å²) in [7, 11) is 0. The van der Waals surface area contributed by atoms with Gasteiger partial charge in [-0.1, -0.05) is 23.4 Å². The van der Waals surface area contributed by atoms with Crippen LogP contribution in [-0.2, 0) is 6.42 Å². The fraction of sp³-hybridized carbons (Fsp3) is 0.300. The van der Waals surface area contributed by atoms with Crippen LogP contribution in [0, 0.1) is 0 Å². The summed E-state index contributed by atoms with van der Waals surface area (Å²) < 4.78 is 5.44. The number of rotatable bonds is 3. The second kappa shape index (κ2) is 6.07. The summed E-state index contributed by atoms with van der Waals surface area (Å²) >= 11 is 0. The number of nitrogens with two attached hydrogens (primary N) is 1. The van der Waals surface area contributed by atoms with Crippen molar-refractivity contribution < 1.29 is 14.7 Å². The standard InChI is InChI=1S/C20H20N4O3/c21-16-8-11(4-7-18(16)26)20-22-19(23-27-20)15-3-1-2-14-13(15)5-6-17(14)24-9-12(25)10-24/h1-4,7-8,12,17,25-26H,5-6,9-10,21H2/t17-/m0/s1. The van der Waals surface area contributed by atoms with Crippen LogP contribution in [0.25, 0.3) is 22.8 Å². The van der Waals surface area contributed by atoms with E-state index in [2.05, 4.69) is 21.1 Å². The SMILES string of the molecule is Nc1cc(-c2nc(-c3cccc4c3CC[C@@H]4N3CC(O)C3)no2)ccc1O. The van der Waals surface area contributed by atoms with Crippen LogP contribution in [0.1, 0.15) is 23.6 Å². The van der Waals surface area contributed by atoms with Crippen LogP contribution < -0.4 is 5.73 Å². The van der Waals surface area contributed by atoms with Gasteiger partial charge in [0.15, 0.2) is 0 Å². The third-order valence-corrected chi connectivity index (χ3v) is 5.51. The highest BCUT2D eigenvalue weighted by Gasteiger charge is 2.36. The lowest BCUT2D eigenvalue weighted by Gasteiger charge is -2.40. The van der Waals surface area contributed by atoms with Crippen LogP contribution in [-0.4, -0.2) is 44.4 Å². The lowest BCUT2D eigenvalue weighted by Crippen LogP contribution is -2.51. The normalized spacial score (nSPS) is 19.8. The Morgan fingerprint density at radius 1 is 1.19 bits per heavy atom. The second-order valence-electron chi connectivity index (χ2n) is 7.23. The maximum absolute atomic E-state index is 9.61. The predicted octanol–water partition coefficient (Wildman–Crippen LogP) is 2.36. The van der Waals surface area contributed by atoms with Gasteiger partial charge >= 0.3 is 0 Å². The summed E-state index contributed by atoms with van der Waals surface area (Å²) in [6.07, 6.45) is 1.80. The lowest BCUT2D eigenvalue weighted by atomic mass is 9.99. The summed E-state index contributed by atoms with van der Waals surface area (Å²) in [5.41, 5.74) is 10.2. The first-order valence-electron chi connectivity index (χ1n) is 9.07. The van der Waals surface area contributed by atoms with Gasteiger partial charge in [-0.2, -0.15) is 4.98 Å². The number of phenols is 1. The number of anilines is 1. The fourth-order valence-corrected chi connectivity index (χ4v) is 4.10. The molecular formula is C20H20N4O3. The van der Waals surface area contributed by atoms with Gasteiger partial charge in [0, 0.05) is 30.3 Å². The Hall–Kier alpha value is -2.90. The number of fused-ring (bicyclic) bond motifs is 1. The van der Waals surface area contributed by atoms with Gasteiger partial charge in [-0.25, -0.2) is 0 Å². The van der Waals surface area contributed by atoms with Gasteiger partial charge in [0.2, 0.25) is 5.82 Å². The second-order valence-corrected chi connectivity index (χ2v) is 7.23. The predicted molar refractivity (Wildman–Crippen MR) is 99.9 cm³/mol. The molecule has 1 aliphatic heterocycles. The Morgan fingerprint density at radius 3 is 2.81 bits per heavy atom. The number of β-amino-alcohol motifs (C(OH)–C–C–N with tert-alkyl or cyclic N) is 1. The molecule has 0 radical (unpaired) electrons. The van der Waals surface area contributed by atoms with Crippen molar-refractivity contribution in [2.45, 2.75) is 25.0 Å². The molecule has 0 bridgehead atoms. The molecule has 3 aromatic rings. The van der Waals surface area contributed by atoms with Crippen LogP contribution in [0.5, 0.6) is 5.75 Å². The van der Waals surface area contributed by atoms with E-state index in [0.29, 0.717) is 23.3 Å². The van der Waals surface area contributed by atoms with E-state index < -0.39 is 0 Å². The van der Waals surface area contributed by atoms with E-state index in [9.17, 15) is 10.2 Å². The Bertz CT molecular complexity index is 1010. The van der Waals surface area contributed by atoms with E-state index in [4.69, 9.17) is 10.3 Å². The van der Waals surface area contributed by atoms with Gasteiger partial charge in [-0.15, -0.1) is 0 Å². The summed E-state index contributed by atoms with van der Waals surface area (Å²) in [5.74, 6) is 0.953.